The number of aromatic nitrogens is 1. The Hall–Kier alpha value is -0.780. The summed E-state index contributed by atoms with van der Waals surface area (Å²) in [5.74, 6) is 0. The van der Waals surface area contributed by atoms with Crippen molar-refractivity contribution in [2.75, 3.05) is 5.33 Å². The van der Waals surface area contributed by atoms with E-state index >= 15 is 0 Å². The van der Waals surface area contributed by atoms with Crippen LogP contribution in [0, 0.1) is 5.41 Å². The van der Waals surface area contributed by atoms with Gasteiger partial charge in [0.05, 0.1) is 0 Å². The van der Waals surface area contributed by atoms with Crippen molar-refractivity contribution in [2.24, 2.45) is 5.41 Å². The second kappa shape index (κ2) is 4.84. The van der Waals surface area contributed by atoms with E-state index in [1.54, 1.807) is 13.8 Å². The summed E-state index contributed by atoms with van der Waals surface area (Å²) in [5, 5.41) is 0.513. The van der Waals surface area contributed by atoms with Crippen molar-refractivity contribution in [3.8, 4) is 0 Å². The molecule has 1 aromatic rings. The van der Waals surface area contributed by atoms with Gasteiger partial charge in [0, 0.05) is 17.9 Å². The number of halogens is 4. The average molecular weight is 312 g/mol. The molecule has 0 spiro atoms. The monoisotopic (exact) mass is 311 g/mol. The smallest absolute Gasteiger partial charge is 0.304 e. The first-order valence-corrected chi connectivity index (χ1v) is 6.12. The van der Waals surface area contributed by atoms with Crippen LogP contribution in [-0.2, 0) is 12.7 Å². The highest BCUT2D eigenvalue weighted by atomic mass is 79.9. The predicted octanol–water partition coefficient (Wildman–Crippen LogP) is 3.29. The van der Waals surface area contributed by atoms with Gasteiger partial charge in [-0.15, -0.1) is 0 Å². The number of nitrogens with zero attached hydrogens (tertiary/aromatic N) is 1. The van der Waals surface area contributed by atoms with Crippen molar-refractivity contribution in [3.63, 3.8) is 0 Å². The second-order valence-corrected chi connectivity index (χ2v) is 5.19. The van der Waals surface area contributed by atoms with Crippen molar-refractivity contribution in [1.29, 1.82) is 0 Å². The van der Waals surface area contributed by atoms with Crippen LogP contribution in [-0.4, -0.2) is 9.90 Å². The second-order valence-electron chi connectivity index (χ2n) is 4.63. The number of hydrogen-bond donors (Lipinski definition) is 0. The molecule has 0 atom stereocenters. The van der Waals surface area contributed by atoms with Gasteiger partial charge in [0.25, 0.3) is 5.56 Å². The Morgan fingerprint density at radius 1 is 1.29 bits per heavy atom. The summed E-state index contributed by atoms with van der Waals surface area (Å²) in [7, 11) is 0. The highest BCUT2D eigenvalue weighted by Crippen LogP contribution is 2.30. The Bertz CT molecular complexity index is 451. The Morgan fingerprint density at radius 2 is 1.88 bits per heavy atom. The molecule has 0 bridgehead atoms. The zero-order valence-electron chi connectivity index (χ0n) is 9.51. The van der Waals surface area contributed by atoms with Crippen LogP contribution in [0.25, 0.3) is 0 Å². The van der Waals surface area contributed by atoms with Gasteiger partial charge in [0.15, 0.2) is 0 Å². The summed E-state index contributed by atoms with van der Waals surface area (Å²) in [5.41, 5.74) is -1.96. The van der Waals surface area contributed by atoms with Crippen molar-refractivity contribution in [1.82, 2.24) is 4.57 Å². The third kappa shape index (κ3) is 3.59. The molecule has 0 fully saturated rings. The summed E-state index contributed by atoms with van der Waals surface area (Å²) in [6, 6.07) is 3.19. The summed E-state index contributed by atoms with van der Waals surface area (Å²) >= 11 is 3.23. The van der Waals surface area contributed by atoms with Gasteiger partial charge in [-0.25, -0.2) is 0 Å². The first kappa shape index (κ1) is 14.3. The van der Waals surface area contributed by atoms with Gasteiger partial charge in [-0.1, -0.05) is 35.8 Å². The fourth-order valence-electron chi connectivity index (χ4n) is 1.40. The summed E-state index contributed by atoms with van der Waals surface area (Å²) in [6.45, 7) is 3.61. The molecule has 0 saturated heterocycles. The minimum Gasteiger partial charge on any atom is -0.304 e. The number of hydrogen-bond acceptors (Lipinski definition) is 1. The van der Waals surface area contributed by atoms with Crippen LogP contribution in [0.3, 0.4) is 0 Å². The Morgan fingerprint density at radius 3 is 2.35 bits per heavy atom. The van der Waals surface area contributed by atoms with Crippen LogP contribution in [0.1, 0.15) is 19.5 Å². The van der Waals surface area contributed by atoms with Crippen LogP contribution >= 0.6 is 15.9 Å². The quantitative estimate of drug-likeness (QED) is 0.785. The normalized spacial score (nSPS) is 12.8. The third-order valence-corrected chi connectivity index (χ3v) is 3.81. The first-order valence-electron chi connectivity index (χ1n) is 5.00. The SMILES string of the molecule is CC(C)(CBr)Cn1c(C(F)(F)F)cccc1=O. The van der Waals surface area contributed by atoms with Crippen molar-refractivity contribution in [2.45, 2.75) is 26.6 Å². The molecule has 0 aromatic carbocycles. The Kier molecular flexibility index (Phi) is 4.06. The molecule has 0 unspecified atom stereocenters. The molecule has 1 aromatic heterocycles. The molecule has 0 aliphatic heterocycles. The van der Waals surface area contributed by atoms with Crippen molar-refractivity contribution in [3.05, 3.63) is 34.2 Å². The van der Waals surface area contributed by atoms with Crippen LogP contribution in [0.5, 0.6) is 0 Å². The zero-order chi connectivity index (χ0) is 13.3. The van der Waals surface area contributed by atoms with Gasteiger partial charge in [0.2, 0.25) is 0 Å². The minimum absolute atomic E-state index is 0.0206. The summed E-state index contributed by atoms with van der Waals surface area (Å²) in [4.78, 5) is 11.5. The van der Waals surface area contributed by atoms with Gasteiger partial charge in [-0.05, 0) is 11.5 Å². The van der Waals surface area contributed by atoms with Crippen LogP contribution in [0.15, 0.2) is 23.0 Å². The summed E-state index contributed by atoms with van der Waals surface area (Å²) < 4.78 is 39.0. The molecule has 0 aliphatic carbocycles. The molecule has 0 radical (unpaired) electrons. The molecule has 0 aliphatic rings. The molecule has 1 heterocycles. The van der Waals surface area contributed by atoms with E-state index < -0.39 is 22.8 Å². The molecule has 6 heteroatoms. The molecular formula is C11H13BrF3NO. The predicted molar refractivity (Wildman–Crippen MR) is 63.3 cm³/mol. The fourth-order valence-corrected chi connectivity index (χ4v) is 1.58. The number of pyridine rings is 1. The molecule has 0 N–H and O–H groups in total. The van der Waals surface area contributed by atoms with Crippen LogP contribution < -0.4 is 5.56 Å². The van der Waals surface area contributed by atoms with E-state index in [0.29, 0.717) is 5.33 Å². The molecular weight excluding hydrogens is 299 g/mol. The van der Waals surface area contributed by atoms with Crippen molar-refractivity contribution >= 4 is 15.9 Å². The largest absolute Gasteiger partial charge is 0.431 e. The van der Waals surface area contributed by atoms with Gasteiger partial charge in [-0.3, -0.25) is 4.79 Å². The molecule has 17 heavy (non-hydrogen) atoms. The molecule has 2 nitrogen and oxygen atoms in total. The van der Waals surface area contributed by atoms with E-state index in [1.807, 2.05) is 0 Å². The molecule has 1 rings (SSSR count). The van der Waals surface area contributed by atoms with Crippen LogP contribution in [0.4, 0.5) is 13.2 Å². The van der Waals surface area contributed by atoms with E-state index in [-0.39, 0.29) is 6.54 Å². The topological polar surface area (TPSA) is 22.0 Å². The van der Waals surface area contributed by atoms with Crippen molar-refractivity contribution < 1.29 is 13.2 Å². The van der Waals surface area contributed by atoms with Gasteiger partial charge in [0.1, 0.15) is 5.69 Å². The lowest BCUT2D eigenvalue weighted by Gasteiger charge is -2.25. The number of rotatable bonds is 3. The standard InChI is InChI=1S/C11H13BrF3NO/c1-10(2,6-12)7-16-8(11(13,14)15)4-3-5-9(16)17/h3-5H,6-7H2,1-2H3. The molecule has 96 valence electrons. The fraction of sp³-hybridized carbons (Fsp3) is 0.545. The zero-order valence-corrected chi connectivity index (χ0v) is 11.1. The van der Waals surface area contributed by atoms with Crippen LogP contribution in [0.2, 0.25) is 0 Å². The highest BCUT2D eigenvalue weighted by molar-refractivity contribution is 9.09. The van der Waals surface area contributed by atoms with E-state index in [2.05, 4.69) is 15.9 Å². The lowest BCUT2D eigenvalue weighted by Crippen LogP contribution is -2.33. The maximum atomic E-state index is 12.7. The Balaban J connectivity index is 3.27. The first-order chi connectivity index (χ1) is 7.67. The maximum Gasteiger partial charge on any atom is 0.431 e. The van der Waals surface area contributed by atoms with E-state index in [9.17, 15) is 18.0 Å². The van der Waals surface area contributed by atoms with Gasteiger partial charge < -0.3 is 4.57 Å². The lowest BCUT2D eigenvalue weighted by atomic mass is 9.96. The van der Waals surface area contributed by atoms with E-state index in [1.165, 1.54) is 0 Å². The third-order valence-electron chi connectivity index (χ3n) is 2.29. The lowest BCUT2D eigenvalue weighted by molar-refractivity contribution is -0.144. The molecule has 0 saturated carbocycles. The van der Waals surface area contributed by atoms with E-state index in [0.717, 1.165) is 22.8 Å². The van der Waals surface area contributed by atoms with E-state index in [4.69, 9.17) is 0 Å². The minimum atomic E-state index is -4.51. The average Bonchev–Trinajstić information content (AvgIpc) is 2.19. The Labute approximate surface area is 106 Å². The summed E-state index contributed by atoms with van der Waals surface area (Å²) in [6.07, 6.45) is -4.51. The van der Waals surface area contributed by atoms with Gasteiger partial charge >= 0.3 is 6.18 Å². The van der Waals surface area contributed by atoms with Gasteiger partial charge in [-0.2, -0.15) is 13.2 Å². The number of alkyl halides is 4. The maximum absolute atomic E-state index is 12.7. The molecule has 0 amide bonds. The highest BCUT2D eigenvalue weighted by Gasteiger charge is 2.35.